The molecule has 31 heavy (non-hydrogen) atoms. The number of nitrogens with two attached hydrogens (primary N) is 1. The Morgan fingerprint density at radius 1 is 0.935 bits per heavy atom. The lowest BCUT2D eigenvalue weighted by molar-refractivity contribution is -0.231. The number of benzene rings is 2. The summed E-state index contributed by atoms with van der Waals surface area (Å²) in [6.07, 6.45) is -5.40. The minimum Gasteiger partial charge on any atom is -0.399 e. The molecular formula is C23H24ClNO5S. The molecule has 2 aromatic carbocycles. The van der Waals surface area contributed by atoms with Gasteiger partial charge in [-0.15, -0.1) is 11.3 Å². The van der Waals surface area contributed by atoms with Gasteiger partial charge >= 0.3 is 0 Å². The van der Waals surface area contributed by atoms with Crippen molar-refractivity contribution in [2.75, 3.05) is 12.3 Å². The number of aliphatic hydroxyl groups is 4. The minimum absolute atomic E-state index is 0.467. The van der Waals surface area contributed by atoms with Crippen molar-refractivity contribution in [2.45, 2.75) is 36.9 Å². The molecule has 1 saturated heterocycles. The third-order valence-electron chi connectivity index (χ3n) is 5.51. The lowest BCUT2D eigenvalue weighted by Crippen LogP contribution is -2.55. The van der Waals surface area contributed by atoms with Gasteiger partial charge in [-0.2, -0.15) is 0 Å². The zero-order valence-corrected chi connectivity index (χ0v) is 18.1. The standard InChI is InChI=1S/C23H24ClNO5S/c24-17-7-3-13(23-22(29)21(28)20(27)18(11-26)30-23)9-14(17)10-16-6-8-19(31-16)12-1-4-15(25)5-2-12/h1-9,18,20-23,26-29H,10-11,25H2/t18-,20-,21+,22-,23+/m1/s1. The van der Waals surface area contributed by atoms with Crippen LogP contribution in [0.3, 0.4) is 0 Å². The molecule has 2 heterocycles. The molecule has 1 fully saturated rings. The van der Waals surface area contributed by atoms with E-state index in [4.69, 9.17) is 22.1 Å². The number of ether oxygens (including phenoxy) is 1. The van der Waals surface area contributed by atoms with Crippen molar-refractivity contribution in [3.63, 3.8) is 0 Å². The predicted molar refractivity (Wildman–Crippen MR) is 121 cm³/mol. The van der Waals surface area contributed by atoms with E-state index < -0.39 is 37.1 Å². The monoisotopic (exact) mass is 461 g/mol. The molecule has 4 rings (SSSR count). The normalized spacial score (nSPS) is 26.2. The van der Waals surface area contributed by atoms with Crippen molar-refractivity contribution < 1.29 is 25.2 Å². The van der Waals surface area contributed by atoms with Gasteiger partial charge in [-0.25, -0.2) is 0 Å². The van der Waals surface area contributed by atoms with E-state index >= 15 is 0 Å². The van der Waals surface area contributed by atoms with Gasteiger partial charge in [0.15, 0.2) is 0 Å². The summed E-state index contributed by atoms with van der Waals surface area (Å²) in [7, 11) is 0. The van der Waals surface area contributed by atoms with E-state index in [1.165, 1.54) is 0 Å². The number of aliphatic hydroxyl groups excluding tert-OH is 4. The van der Waals surface area contributed by atoms with E-state index in [0.29, 0.717) is 17.0 Å². The maximum absolute atomic E-state index is 10.4. The van der Waals surface area contributed by atoms with Gasteiger partial charge in [-0.1, -0.05) is 35.9 Å². The first-order chi connectivity index (χ1) is 14.9. The maximum Gasteiger partial charge on any atom is 0.113 e. The van der Waals surface area contributed by atoms with Crippen LogP contribution in [0.15, 0.2) is 54.6 Å². The molecule has 6 N–H and O–H groups in total. The van der Waals surface area contributed by atoms with Crippen LogP contribution in [0, 0.1) is 0 Å². The number of thiophene rings is 1. The van der Waals surface area contributed by atoms with Crippen molar-refractivity contribution in [1.29, 1.82) is 0 Å². The Morgan fingerprint density at radius 2 is 1.68 bits per heavy atom. The second kappa shape index (κ2) is 9.26. The van der Waals surface area contributed by atoms with Crippen LogP contribution in [0.25, 0.3) is 10.4 Å². The Labute approximate surface area is 189 Å². The second-order valence-corrected chi connectivity index (χ2v) is 9.24. The molecule has 1 aliphatic heterocycles. The number of hydrogen-bond donors (Lipinski definition) is 5. The van der Waals surface area contributed by atoms with Crippen LogP contribution in [0.1, 0.15) is 22.1 Å². The highest BCUT2D eigenvalue weighted by atomic mass is 35.5. The summed E-state index contributed by atoms with van der Waals surface area (Å²) in [5.41, 5.74) is 9.04. The Hall–Kier alpha value is -1.97. The fourth-order valence-electron chi connectivity index (χ4n) is 3.75. The lowest BCUT2D eigenvalue weighted by atomic mass is 9.90. The Balaban J connectivity index is 1.57. The first-order valence-electron chi connectivity index (χ1n) is 9.91. The summed E-state index contributed by atoms with van der Waals surface area (Å²) in [6.45, 7) is -0.467. The lowest BCUT2D eigenvalue weighted by Gasteiger charge is -2.40. The molecule has 5 atom stereocenters. The maximum atomic E-state index is 10.4. The molecule has 0 unspecified atom stereocenters. The number of nitrogen functional groups attached to an aromatic ring is 1. The molecule has 0 radical (unpaired) electrons. The number of hydrogen-bond acceptors (Lipinski definition) is 7. The van der Waals surface area contributed by atoms with E-state index in [9.17, 15) is 20.4 Å². The van der Waals surface area contributed by atoms with Gasteiger partial charge in [0, 0.05) is 26.9 Å². The van der Waals surface area contributed by atoms with Crippen molar-refractivity contribution >= 4 is 28.6 Å². The van der Waals surface area contributed by atoms with Gasteiger partial charge in [-0.05, 0) is 47.0 Å². The summed E-state index contributed by atoms with van der Waals surface area (Å²) in [5, 5.41) is 40.5. The topological polar surface area (TPSA) is 116 Å². The molecule has 0 amide bonds. The average molecular weight is 462 g/mol. The van der Waals surface area contributed by atoms with Crippen LogP contribution in [0.2, 0.25) is 5.02 Å². The summed E-state index contributed by atoms with van der Waals surface area (Å²) in [4.78, 5) is 2.23. The second-order valence-electron chi connectivity index (χ2n) is 7.67. The summed E-state index contributed by atoms with van der Waals surface area (Å²) in [6, 6.07) is 17.1. The van der Waals surface area contributed by atoms with Crippen molar-refractivity contribution in [3.05, 3.63) is 75.6 Å². The summed E-state index contributed by atoms with van der Waals surface area (Å²) >= 11 is 8.08. The van der Waals surface area contributed by atoms with E-state index in [1.807, 2.05) is 36.4 Å². The zero-order chi connectivity index (χ0) is 22.1. The minimum atomic E-state index is -1.42. The van der Waals surface area contributed by atoms with Gasteiger partial charge in [0.1, 0.15) is 30.5 Å². The third kappa shape index (κ3) is 4.63. The molecule has 1 aromatic heterocycles. The van der Waals surface area contributed by atoms with Gasteiger partial charge < -0.3 is 30.9 Å². The predicted octanol–water partition coefficient (Wildman–Crippen LogP) is 2.76. The first-order valence-corrected chi connectivity index (χ1v) is 11.1. The zero-order valence-electron chi connectivity index (χ0n) is 16.6. The number of anilines is 1. The SMILES string of the molecule is Nc1ccc(-c2ccc(Cc3cc([C@@H]4O[C@H](CO)[C@@H](O)[C@H](O)[C@H]4O)ccc3Cl)s2)cc1. The van der Waals surface area contributed by atoms with Crippen LogP contribution in [0.5, 0.6) is 0 Å². The van der Waals surface area contributed by atoms with E-state index in [1.54, 1.807) is 23.5 Å². The Morgan fingerprint density at radius 3 is 2.39 bits per heavy atom. The molecule has 3 aromatic rings. The van der Waals surface area contributed by atoms with Crippen molar-refractivity contribution in [3.8, 4) is 10.4 Å². The summed E-state index contributed by atoms with van der Waals surface area (Å²) < 4.78 is 5.67. The fourth-order valence-corrected chi connectivity index (χ4v) is 4.97. The smallest absolute Gasteiger partial charge is 0.113 e. The average Bonchev–Trinajstić information content (AvgIpc) is 3.23. The quantitative estimate of drug-likeness (QED) is 0.373. The van der Waals surface area contributed by atoms with Crippen LogP contribution in [0.4, 0.5) is 5.69 Å². The van der Waals surface area contributed by atoms with E-state index in [0.717, 1.165) is 26.6 Å². The highest BCUT2D eigenvalue weighted by Gasteiger charge is 2.44. The molecule has 0 saturated carbocycles. The molecule has 0 aliphatic carbocycles. The number of rotatable bonds is 5. The van der Waals surface area contributed by atoms with Gasteiger partial charge in [0.2, 0.25) is 0 Å². The largest absolute Gasteiger partial charge is 0.399 e. The highest BCUT2D eigenvalue weighted by Crippen LogP contribution is 2.36. The molecule has 164 valence electrons. The van der Waals surface area contributed by atoms with Crippen LogP contribution in [-0.2, 0) is 11.2 Å². The van der Waals surface area contributed by atoms with E-state index in [-0.39, 0.29) is 0 Å². The molecule has 0 spiro atoms. The fraction of sp³-hybridized carbons (Fsp3) is 0.304. The van der Waals surface area contributed by atoms with Crippen molar-refractivity contribution in [2.24, 2.45) is 0 Å². The molecule has 8 heteroatoms. The molecule has 0 bridgehead atoms. The van der Waals surface area contributed by atoms with Crippen LogP contribution >= 0.6 is 22.9 Å². The first kappa shape index (κ1) is 22.2. The number of halogens is 1. The molecule has 6 nitrogen and oxygen atoms in total. The Bertz CT molecular complexity index is 1040. The molecule has 1 aliphatic rings. The van der Waals surface area contributed by atoms with Gasteiger partial charge in [0.25, 0.3) is 0 Å². The van der Waals surface area contributed by atoms with Crippen LogP contribution < -0.4 is 5.73 Å². The van der Waals surface area contributed by atoms with Gasteiger partial charge in [0.05, 0.1) is 6.61 Å². The van der Waals surface area contributed by atoms with Gasteiger partial charge in [-0.3, -0.25) is 0 Å². The third-order valence-corrected chi connectivity index (χ3v) is 7.02. The molecular weight excluding hydrogens is 438 g/mol. The van der Waals surface area contributed by atoms with E-state index in [2.05, 4.69) is 6.07 Å². The summed E-state index contributed by atoms with van der Waals surface area (Å²) in [5.74, 6) is 0. The van der Waals surface area contributed by atoms with Crippen molar-refractivity contribution in [1.82, 2.24) is 0 Å². The van der Waals surface area contributed by atoms with Crippen LogP contribution in [-0.4, -0.2) is 51.4 Å². The Kier molecular flexibility index (Phi) is 6.64. The highest BCUT2D eigenvalue weighted by molar-refractivity contribution is 7.15.